The van der Waals surface area contributed by atoms with Gasteiger partial charge in [-0.1, -0.05) is 25.0 Å². The smallest absolute Gasteiger partial charge is 0.409 e. The van der Waals surface area contributed by atoms with Crippen molar-refractivity contribution >= 4 is 41.7 Å². The fraction of sp³-hybridized carbons (Fsp3) is 0.619. The number of non-ortho nitro benzene ring substituents is 1. The van der Waals surface area contributed by atoms with Crippen LogP contribution in [0.25, 0.3) is 0 Å². The van der Waals surface area contributed by atoms with Crippen molar-refractivity contribution in [1.29, 1.82) is 0 Å². The summed E-state index contributed by atoms with van der Waals surface area (Å²) < 4.78 is 5.09. The van der Waals surface area contributed by atoms with Gasteiger partial charge in [-0.2, -0.15) is 0 Å². The third-order valence-electron chi connectivity index (χ3n) is 5.62. The molecule has 0 aromatic heterocycles. The van der Waals surface area contributed by atoms with Crippen LogP contribution in [0.4, 0.5) is 10.5 Å². The molecule has 0 radical (unpaired) electrons. The molecule has 0 atom stereocenters. The van der Waals surface area contributed by atoms with Crippen molar-refractivity contribution in [1.82, 2.24) is 15.5 Å². The van der Waals surface area contributed by atoms with Gasteiger partial charge in [-0.3, -0.25) is 10.1 Å². The number of hydrogen-bond donors (Lipinski definition) is 2. The molecule has 9 nitrogen and oxygen atoms in total. The van der Waals surface area contributed by atoms with Gasteiger partial charge < -0.3 is 20.3 Å². The standard InChI is InChI=1S/C21H31N5O4.HI/c1-2-30-21(27)25-13-11-18(12-14-25)24-20(23-17-5-3-4-6-17)22-15-16-7-9-19(10-8-16)26(28)29;/h7-10,17-18H,2-6,11-15H2,1H3,(H2,22,23,24);1H. The van der Waals surface area contributed by atoms with E-state index in [4.69, 9.17) is 9.73 Å². The Balaban J connectivity index is 0.00000341. The number of amides is 1. The van der Waals surface area contributed by atoms with Crippen molar-refractivity contribution in [2.45, 2.75) is 64.1 Å². The molecule has 31 heavy (non-hydrogen) atoms. The summed E-state index contributed by atoms with van der Waals surface area (Å²) in [7, 11) is 0. The maximum absolute atomic E-state index is 11.9. The van der Waals surface area contributed by atoms with Crippen molar-refractivity contribution in [2.75, 3.05) is 19.7 Å². The van der Waals surface area contributed by atoms with E-state index in [-0.39, 0.29) is 41.8 Å². The summed E-state index contributed by atoms with van der Waals surface area (Å²) in [4.78, 5) is 28.8. The number of nitro groups is 1. The number of guanidine groups is 1. The quantitative estimate of drug-likeness (QED) is 0.185. The van der Waals surface area contributed by atoms with Crippen molar-refractivity contribution in [3.63, 3.8) is 0 Å². The van der Waals surface area contributed by atoms with E-state index < -0.39 is 4.92 Å². The Hall–Kier alpha value is -2.11. The molecule has 1 heterocycles. The zero-order chi connectivity index (χ0) is 21.3. The van der Waals surface area contributed by atoms with Gasteiger partial charge in [-0.25, -0.2) is 9.79 Å². The minimum Gasteiger partial charge on any atom is -0.450 e. The molecule has 10 heteroatoms. The van der Waals surface area contributed by atoms with Gasteiger partial charge in [0.2, 0.25) is 0 Å². The number of nitro benzene ring substituents is 1. The topological polar surface area (TPSA) is 109 Å². The van der Waals surface area contributed by atoms with Crippen LogP contribution < -0.4 is 10.6 Å². The second kappa shape index (κ2) is 12.7. The van der Waals surface area contributed by atoms with Crippen molar-refractivity contribution in [3.8, 4) is 0 Å². The molecular formula is C21H32IN5O4. The van der Waals surface area contributed by atoms with Gasteiger partial charge in [0.15, 0.2) is 5.96 Å². The minimum atomic E-state index is -0.398. The van der Waals surface area contributed by atoms with Crippen LogP contribution in [0.3, 0.4) is 0 Å². The first-order valence-corrected chi connectivity index (χ1v) is 10.8. The number of likely N-dealkylation sites (tertiary alicyclic amines) is 1. The lowest BCUT2D eigenvalue weighted by atomic mass is 10.1. The number of piperidine rings is 1. The summed E-state index contributed by atoms with van der Waals surface area (Å²) in [6.45, 7) is 3.98. The van der Waals surface area contributed by atoms with Crippen LogP contribution >= 0.6 is 24.0 Å². The van der Waals surface area contributed by atoms with Gasteiger partial charge in [0, 0.05) is 37.3 Å². The van der Waals surface area contributed by atoms with Gasteiger partial charge in [-0.05, 0) is 38.2 Å². The molecule has 172 valence electrons. The molecule has 1 aliphatic carbocycles. The van der Waals surface area contributed by atoms with Gasteiger partial charge in [0.1, 0.15) is 0 Å². The zero-order valence-corrected chi connectivity index (χ0v) is 20.2. The lowest BCUT2D eigenvalue weighted by Gasteiger charge is -2.32. The molecule has 1 aromatic carbocycles. The minimum absolute atomic E-state index is 0. The van der Waals surface area contributed by atoms with Crippen LogP contribution in [0.2, 0.25) is 0 Å². The summed E-state index contributed by atoms with van der Waals surface area (Å²) in [5, 5.41) is 17.9. The second-order valence-corrected chi connectivity index (χ2v) is 7.82. The van der Waals surface area contributed by atoms with Crippen molar-refractivity contribution in [2.24, 2.45) is 4.99 Å². The number of nitrogens with zero attached hydrogens (tertiary/aromatic N) is 3. The van der Waals surface area contributed by atoms with Crippen LogP contribution in [-0.2, 0) is 11.3 Å². The van der Waals surface area contributed by atoms with Crippen molar-refractivity contribution < 1.29 is 14.5 Å². The lowest BCUT2D eigenvalue weighted by molar-refractivity contribution is -0.384. The predicted molar refractivity (Wildman–Crippen MR) is 130 cm³/mol. The molecule has 0 unspecified atom stereocenters. The molecule has 1 aliphatic heterocycles. The number of aliphatic imine (C=N–C) groups is 1. The maximum atomic E-state index is 11.9. The molecule has 0 spiro atoms. The van der Waals surface area contributed by atoms with E-state index in [9.17, 15) is 14.9 Å². The summed E-state index contributed by atoms with van der Waals surface area (Å²) in [6.07, 6.45) is 6.16. The van der Waals surface area contributed by atoms with Crippen LogP contribution in [0.1, 0.15) is 51.0 Å². The third kappa shape index (κ3) is 7.82. The molecule has 2 N–H and O–H groups in total. The number of rotatable bonds is 6. The van der Waals surface area contributed by atoms with E-state index in [1.165, 1.54) is 25.0 Å². The highest BCUT2D eigenvalue weighted by Gasteiger charge is 2.25. The highest BCUT2D eigenvalue weighted by Crippen LogP contribution is 2.18. The maximum Gasteiger partial charge on any atom is 0.409 e. The zero-order valence-electron chi connectivity index (χ0n) is 17.9. The fourth-order valence-electron chi connectivity index (χ4n) is 3.90. The van der Waals surface area contributed by atoms with E-state index in [0.717, 1.165) is 37.2 Å². The summed E-state index contributed by atoms with van der Waals surface area (Å²) in [5.41, 5.74) is 1.00. The molecule has 1 aromatic rings. The lowest BCUT2D eigenvalue weighted by Crippen LogP contribution is -2.51. The molecule has 2 aliphatic rings. The highest BCUT2D eigenvalue weighted by atomic mass is 127. The molecule has 2 fully saturated rings. The number of benzene rings is 1. The third-order valence-corrected chi connectivity index (χ3v) is 5.62. The van der Waals surface area contributed by atoms with E-state index in [1.54, 1.807) is 17.0 Å². The number of carbonyl (C=O) groups is 1. The normalized spacial score (nSPS) is 17.7. The first kappa shape index (κ1) is 25.2. The van der Waals surface area contributed by atoms with E-state index in [1.807, 2.05) is 6.92 Å². The Morgan fingerprint density at radius 3 is 2.26 bits per heavy atom. The summed E-state index contributed by atoms with van der Waals surface area (Å²) in [6, 6.07) is 7.16. The molecule has 1 saturated carbocycles. The Kier molecular flexibility index (Phi) is 10.3. The highest BCUT2D eigenvalue weighted by molar-refractivity contribution is 14.0. The van der Waals surface area contributed by atoms with Gasteiger partial charge in [0.05, 0.1) is 18.1 Å². The van der Waals surface area contributed by atoms with E-state index in [0.29, 0.717) is 32.3 Å². The number of hydrogen-bond acceptors (Lipinski definition) is 5. The van der Waals surface area contributed by atoms with Crippen LogP contribution in [-0.4, -0.2) is 53.7 Å². The van der Waals surface area contributed by atoms with Crippen molar-refractivity contribution in [3.05, 3.63) is 39.9 Å². The predicted octanol–water partition coefficient (Wildman–Crippen LogP) is 3.81. The molecule has 1 amide bonds. The number of carbonyl (C=O) groups excluding carboxylic acids is 1. The monoisotopic (exact) mass is 545 g/mol. The van der Waals surface area contributed by atoms with E-state index in [2.05, 4.69) is 10.6 Å². The van der Waals surface area contributed by atoms with Gasteiger partial charge >= 0.3 is 6.09 Å². The average molecular weight is 545 g/mol. The van der Waals surface area contributed by atoms with Crippen LogP contribution in [0.15, 0.2) is 29.3 Å². The Morgan fingerprint density at radius 2 is 1.71 bits per heavy atom. The largest absolute Gasteiger partial charge is 0.450 e. The summed E-state index contributed by atoms with van der Waals surface area (Å²) >= 11 is 0. The fourth-order valence-corrected chi connectivity index (χ4v) is 3.90. The summed E-state index contributed by atoms with van der Waals surface area (Å²) in [5.74, 6) is 0.773. The number of halogens is 1. The first-order valence-electron chi connectivity index (χ1n) is 10.8. The molecule has 0 bridgehead atoms. The van der Waals surface area contributed by atoms with Crippen LogP contribution in [0.5, 0.6) is 0 Å². The number of ether oxygens (including phenoxy) is 1. The van der Waals surface area contributed by atoms with Gasteiger partial charge in [-0.15, -0.1) is 24.0 Å². The molecule has 3 rings (SSSR count). The van der Waals surface area contributed by atoms with Crippen LogP contribution in [0, 0.1) is 10.1 Å². The second-order valence-electron chi connectivity index (χ2n) is 7.82. The number of nitrogens with one attached hydrogen (secondary N) is 2. The molecular weight excluding hydrogens is 513 g/mol. The molecule has 1 saturated heterocycles. The SMILES string of the molecule is CCOC(=O)N1CCC(NC(=NCc2ccc([N+](=O)[O-])cc2)NC2CCCC2)CC1.I. The first-order chi connectivity index (χ1) is 14.5. The van der Waals surface area contributed by atoms with E-state index >= 15 is 0 Å². The Bertz CT molecular complexity index is 745. The Morgan fingerprint density at radius 1 is 1.13 bits per heavy atom. The average Bonchev–Trinajstić information content (AvgIpc) is 3.26. The van der Waals surface area contributed by atoms with Gasteiger partial charge in [0.25, 0.3) is 5.69 Å². The Labute approximate surface area is 200 Å².